The lowest BCUT2D eigenvalue weighted by Crippen LogP contribution is -2.03. The van der Waals surface area contributed by atoms with E-state index in [1.165, 1.54) is 18.2 Å². The molecule has 2 rings (SSSR count). The first-order valence-corrected chi connectivity index (χ1v) is 6.56. The van der Waals surface area contributed by atoms with Gasteiger partial charge in [0.05, 0.1) is 16.6 Å². The fourth-order valence-electron chi connectivity index (χ4n) is 1.75. The van der Waals surface area contributed by atoms with Crippen LogP contribution in [-0.4, -0.2) is 4.92 Å². The molecule has 2 aromatic rings. The molecule has 0 saturated carbocycles. The van der Waals surface area contributed by atoms with Crippen molar-refractivity contribution in [2.24, 2.45) is 0 Å². The molecule has 0 saturated heterocycles. The summed E-state index contributed by atoms with van der Waals surface area (Å²) in [4.78, 5) is 10.5. The maximum Gasteiger partial charge on any atom is 0.292 e. The molecule has 100 valence electrons. The van der Waals surface area contributed by atoms with Gasteiger partial charge in [-0.15, -0.1) is 0 Å². The number of nitro groups is 1. The Morgan fingerprint density at radius 1 is 1.30 bits per heavy atom. The second-order valence-corrected chi connectivity index (χ2v) is 5.00. The number of hydrogen-bond acceptors (Lipinski definition) is 4. The summed E-state index contributed by atoms with van der Waals surface area (Å²) in [7, 11) is 0. The van der Waals surface area contributed by atoms with Crippen LogP contribution >= 0.6 is 15.9 Å². The number of halogens is 1. The minimum absolute atomic E-state index is 0.0426. The highest BCUT2D eigenvalue weighted by Gasteiger charge is 2.13. The molecule has 0 aromatic heterocycles. The van der Waals surface area contributed by atoms with Gasteiger partial charge in [-0.2, -0.15) is 5.26 Å². The van der Waals surface area contributed by atoms with Crippen molar-refractivity contribution in [2.75, 3.05) is 5.32 Å². The van der Waals surface area contributed by atoms with E-state index in [-0.39, 0.29) is 5.69 Å². The zero-order valence-corrected chi connectivity index (χ0v) is 11.9. The van der Waals surface area contributed by atoms with Crippen molar-refractivity contribution >= 4 is 27.3 Å². The largest absolute Gasteiger partial charge is 0.375 e. The molecule has 0 aliphatic rings. The average molecular weight is 332 g/mol. The molecule has 6 heteroatoms. The smallest absolute Gasteiger partial charge is 0.292 e. The second-order valence-electron chi connectivity index (χ2n) is 4.08. The summed E-state index contributed by atoms with van der Waals surface area (Å²) in [5.74, 6) is 0. The van der Waals surface area contributed by atoms with E-state index in [2.05, 4.69) is 21.2 Å². The van der Waals surface area contributed by atoms with E-state index in [9.17, 15) is 10.1 Å². The van der Waals surface area contributed by atoms with Gasteiger partial charge in [0.1, 0.15) is 5.69 Å². The standard InChI is InChI=1S/C14H10BrN3O2/c15-12-3-1-2-11(6-12)9-17-13-7-10(8-16)4-5-14(13)18(19)20/h1-7,17H,9H2. The Bertz CT molecular complexity index is 695. The highest BCUT2D eigenvalue weighted by Crippen LogP contribution is 2.26. The van der Waals surface area contributed by atoms with E-state index >= 15 is 0 Å². The Morgan fingerprint density at radius 3 is 2.75 bits per heavy atom. The van der Waals surface area contributed by atoms with E-state index in [1.807, 2.05) is 30.3 Å². The van der Waals surface area contributed by atoms with Crippen LogP contribution in [0.4, 0.5) is 11.4 Å². The summed E-state index contributed by atoms with van der Waals surface area (Å²) in [6.45, 7) is 0.440. The van der Waals surface area contributed by atoms with Crippen LogP contribution < -0.4 is 5.32 Å². The third-order valence-electron chi connectivity index (χ3n) is 2.69. The van der Waals surface area contributed by atoms with Gasteiger partial charge in [0, 0.05) is 17.1 Å². The Labute approximate surface area is 124 Å². The van der Waals surface area contributed by atoms with E-state index in [0.717, 1.165) is 10.0 Å². The van der Waals surface area contributed by atoms with Crippen molar-refractivity contribution in [3.8, 4) is 6.07 Å². The van der Waals surface area contributed by atoms with Crippen LogP contribution in [0.15, 0.2) is 46.9 Å². The molecule has 0 fully saturated rings. The average Bonchev–Trinajstić information content (AvgIpc) is 2.44. The zero-order valence-electron chi connectivity index (χ0n) is 10.3. The van der Waals surface area contributed by atoms with E-state index in [1.54, 1.807) is 0 Å². The van der Waals surface area contributed by atoms with Crippen LogP contribution in [-0.2, 0) is 6.54 Å². The van der Waals surface area contributed by atoms with Crippen molar-refractivity contribution < 1.29 is 4.92 Å². The van der Waals surface area contributed by atoms with Gasteiger partial charge in [-0.3, -0.25) is 10.1 Å². The quantitative estimate of drug-likeness (QED) is 0.681. The predicted molar refractivity (Wildman–Crippen MR) is 79.3 cm³/mol. The Kier molecular flexibility index (Phi) is 4.33. The number of nitro benzene ring substituents is 1. The Morgan fingerprint density at radius 2 is 2.10 bits per heavy atom. The van der Waals surface area contributed by atoms with Crippen LogP contribution in [0.5, 0.6) is 0 Å². The van der Waals surface area contributed by atoms with E-state index in [0.29, 0.717) is 17.8 Å². The van der Waals surface area contributed by atoms with Gasteiger partial charge in [0.15, 0.2) is 0 Å². The lowest BCUT2D eigenvalue weighted by atomic mass is 10.1. The van der Waals surface area contributed by atoms with Crippen LogP contribution in [0.3, 0.4) is 0 Å². The van der Waals surface area contributed by atoms with Crippen molar-refractivity contribution in [3.05, 3.63) is 68.2 Å². The van der Waals surface area contributed by atoms with E-state index < -0.39 is 4.92 Å². The Balaban J connectivity index is 2.24. The second kappa shape index (κ2) is 6.17. The van der Waals surface area contributed by atoms with Crippen LogP contribution in [0, 0.1) is 21.4 Å². The molecule has 0 spiro atoms. The predicted octanol–water partition coefficient (Wildman–Crippen LogP) is 3.84. The SMILES string of the molecule is N#Cc1ccc([N+](=O)[O-])c(NCc2cccc(Br)c2)c1. The molecule has 0 heterocycles. The maximum atomic E-state index is 11.0. The summed E-state index contributed by atoms with van der Waals surface area (Å²) in [5, 5.41) is 22.8. The van der Waals surface area contributed by atoms with Crippen molar-refractivity contribution in [1.82, 2.24) is 0 Å². The molecular formula is C14H10BrN3O2. The summed E-state index contributed by atoms with van der Waals surface area (Å²) >= 11 is 3.37. The normalized spacial score (nSPS) is 9.80. The van der Waals surface area contributed by atoms with Crippen LogP contribution in [0.1, 0.15) is 11.1 Å². The molecule has 0 aliphatic carbocycles. The number of nitrogens with zero attached hydrogens (tertiary/aromatic N) is 2. The topological polar surface area (TPSA) is 79.0 Å². The number of nitriles is 1. The number of hydrogen-bond donors (Lipinski definition) is 1. The minimum Gasteiger partial charge on any atom is -0.375 e. The number of rotatable bonds is 4. The molecule has 0 bridgehead atoms. The highest BCUT2D eigenvalue weighted by atomic mass is 79.9. The van der Waals surface area contributed by atoms with Gasteiger partial charge in [0.25, 0.3) is 5.69 Å². The molecule has 0 aliphatic heterocycles. The van der Waals surface area contributed by atoms with Gasteiger partial charge in [-0.25, -0.2) is 0 Å². The van der Waals surface area contributed by atoms with Gasteiger partial charge < -0.3 is 5.32 Å². The third-order valence-corrected chi connectivity index (χ3v) is 3.19. The minimum atomic E-state index is -0.468. The van der Waals surface area contributed by atoms with Gasteiger partial charge in [0.2, 0.25) is 0 Å². The van der Waals surface area contributed by atoms with Crippen molar-refractivity contribution in [1.29, 1.82) is 5.26 Å². The fraction of sp³-hybridized carbons (Fsp3) is 0.0714. The number of benzene rings is 2. The van der Waals surface area contributed by atoms with Gasteiger partial charge in [-0.1, -0.05) is 28.1 Å². The first kappa shape index (κ1) is 14.0. The molecule has 20 heavy (non-hydrogen) atoms. The maximum absolute atomic E-state index is 11.0. The van der Waals surface area contributed by atoms with Crippen LogP contribution in [0.2, 0.25) is 0 Å². The molecule has 0 unspecified atom stereocenters. The number of anilines is 1. The summed E-state index contributed by atoms with van der Waals surface area (Å²) < 4.78 is 0.942. The Hall–Kier alpha value is -2.39. The summed E-state index contributed by atoms with van der Waals surface area (Å²) in [6, 6.07) is 13.9. The molecule has 0 atom stereocenters. The summed E-state index contributed by atoms with van der Waals surface area (Å²) in [6.07, 6.45) is 0. The molecular weight excluding hydrogens is 322 g/mol. The zero-order chi connectivity index (χ0) is 14.5. The fourth-order valence-corrected chi connectivity index (χ4v) is 2.20. The lowest BCUT2D eigenvalue weighted by molar-refractivity contribution is -0.384. The van der Waals surface area contributed by atoms with Crippen molar-refractivity contribution in [3.63, 3.8) is 0 Å². The molecule has 1 N–H and O–H groups in total. The number of nitrogens with one attached hydrogen (secondary N) is 1. The molecule has 0 radical (unpaired) electrons. The first-order chi connectivity index (χ1) is 9.60. The van der Waals surface area contributed by atoms with Gasteiger partial charge in [-0.05, 0) is 29.8 Å². The third kappa shape index (κ3) is 3.33. The van der Waals surface area contributed by atoms with Crippen LogP contribution in [0.25, 0.3) is 0 Å². The van der Waals surface area contributed by atoms with Gasteiger partial charge >= 0.3 is 0 Å². The summed E-state index contributed by atoms with van der Waals surface area (Å²) in [5.41, 5.74) is 1.66. The first-order valence-electron chi connectivity index (χ1n) is 5.77. The lowest BCUT2D eigenvalue weighted by Gasteiger charge is -2.08. The molecule has 0 amide bonds. The monoisotopic (exact) mass is 331 g/mol. The van der Waals surface area contributed by atoms with E-state index in [4.69, 9.17) is 5.26 Å². The highest BCUT2D eigenvalue weighted by molar-refractivity contribution is 9.10. The van der Waals surface area contributed by atoms with Crippen molar-refractivity contribution in [2.45, 2.75) is 6.54 Å². The molecule has 5 nitrogen and oxygen atoms in total. The molecule has 2 aromatic carbocycles.